The van der Waals surface area contributed by atoms with Gasteiger partial charge in [-0.1, -0.05) is 12.1 Å². The fourth-order valence-electron chi connectivity index (χ4n) is 4.30. The van der Waals surface area contributed by atoms with E-state index in [-0.39, 0.29) is 17.9 Å². The molecule has 0 fully saturated rings. The Morgan fingerprint density at radius 1 is 1.17 bits per heavy atom. The van der Waals surface area contributed by atoms with Crippen LogP contribution in [-0.2, 0) is 30.5 Å². The number of fused-ring (bicyclic) bond motifs is 3. The number of aryl methyl sites for hydroxylation is 4. The average molecular weight is 408 g/mol. The van der Waals surface area contributed by atoms with Gasteiger partial charge in [0.25, 0.3) is 5.56 Å². The molecule has 1 aliphatic heterocycles. The van der Waals surface area contributed by atoms with Gasteiger partial charge < -0.3 is 4.74 Å². The normalized spacial score (nSPS) is 14.8. The van der Waals surface area contributed by atoms with Crippen molar-refractivity contribution < 1.29 is 14.3 Å². The predicted molar refractivity (Wildman–Crippen MR) is 110 cm³/mol. The Hall–Kier alpha value is -2.80. The summed E-state index contributed by atoms with van der Waals surface area (Å²) in [7, 11) is 0. The summed E-state index contributed by atoms with van der Waals surface area (Å²) < 4.78 is 6.99. The maximum absolute atomic E-state index is 12.7. The molecule has 0 radical (unpaired) electrons. The zero-order valence-corrected chi connectivity index (χ0v) is 16.9. The first kappa shape index (κ1) is 18.2. The van der Waals surface area contributed by atoms with E-state index < -0.39 is 5.97 Å². The van der Waals surface area contributed by atoms with Gasteiger partial charge in [-0.15, -0.1) is 11.3 Å². The highest BCUT2D eigenvalue weighted by molar-refractivity contribution is 7.20. The Bertz CT molecular complexity index is 1240. The van der Waals surface area contributed by atoms with Crippen LogP contribution >= 0.6 is 11.3 Å². The number of thiophene rings is 1. The van der Waals surface area contributed by atoms with Crippen LogP contribution in [0.3, 0.4) is 0 Å². The smallest absolute Gasteiger partial charge is 0.349 e. The monoisotopic (exact) mass is 408 g/mol. The Morgan fingerprint density at radius 2 is 2.00 bits per heavy atom. The molecule has 0 bridgehead atoms. The molecule has 7 heteroatoms. The van der Waals surface area contributed by atoms with E-state index in [4.69, 9.17) is 4.74 Å². The molecule has 6 nitrogen and oxygen atoms in total. The Kier molecular flexibility index (Phi) is 4.35. The number of aromatic nitrogens is 2. The molecule has 2 aromatic heterocycles. The van der Waals surface area contributed by atoms with E-state index in [0.717, 1.165) is 37.9 Å². The van der Waals surface area contributed by atoms with Gasteiger partial charge in [0.2, 0.25) is 0 Å². The van der Waals surface area contributed by atoms with E-state index in [1.807, 2.05) is 12.1 Å². The molecule has 5 rings (SSSR count). The highest BCUT2D eigenvalue weighted by Gasteiger charge is 2.24. The first-order chi connectivity index (χ1) is 14.0. The summed E-state index contributed by atoms with van der Waals surface area (Å²) >= 11 is 1.17. The van der Waals surface area contributed by atoms with Crippen molar-refractivity contribution in [2.75, 3.05) is 6.61 Å². The highest BCUT2D eigenvalue weighted by Crippen LogP contribution is 2.29. The van der Waals surface area contributed by atoms with Gasteiger partial charge in [0, 0.05) is 18.5 Å². The van der Waals surface area contributed by atoms with Crippen LogP contribution in [0.4, 0.5) is 0 Å². The fraction of sp³-hybridized carbons (Fsp3) is 0.364. The highest BCUT2D eigenvalue weighted by atomic mass is 32.1. The molecular formula is C22H20N2O4S. The van der Waals surface area contributed by atoms with Gasteiger partial charge in [-0.2, -0.15) is 0 Å². The summed E-state index contributed by atoms with van der Waals surface area (Å²) in [6.45, 7) is 2.10. The SMILES string of the molecule is Cc1c(C(=O)OCC(=O)c2ccc3c(c2)CCC3)sc2nc3n(c(=O)c12)CCC3. The van der Waals surface area contributed by atoms with Crippen molar-refractivity contribution in [3.8, 4) is 0 Å². The van der Waals surface area contributed by atoms with E-state index in [0.29, 0.717) is 32.8 Å². The van der Waals surface area contributed by atoms with Gasteiger partial charge in [0.05, 0.1) is 5.39 Å². The number of carbonyl (C=O) groups is 2. The minimum Gasteiger partial charge on any atom is -0.453 e. The van der Waals surface area contributed by atoms with E-state index in [1.165, 1.54) is 22.5 Å². The van der Waals surface area contributed by atoms with Crippen molar-refractivity contribution in [3.63, 3.8) is 0 Å². The molecule has 2 aliphatic rings. The van der Waals surface area contributed by atoms with Gasteiger partial charge in [0.1, 0.15) is 15.5 Å². The van der Waals surface area contributed by atoms with Gasteiger partial charge in [-0.3, -0.25) is 14.2 Å². The Labute approximate surface area is 171 Å². The van der Waals surface area contributed by atoms with Crippen LogP contribution in [0.25, 0.3) is 10.2 Å². The number of ether oxygens (including phenoxy) is 1. The molecule has 0 N–H and O–H groups in total. The first-order valence-corrected chi connectivity index (χ1v) is 10.7. The average Bonchev–Trinajstić information content (AvgIpc) is 3.44. The molecule has 0 atom stereocenters. The molecular weight excluding hydrogens is 388 g/mol. The lowest BCUT2D eigenvalue weighted by Gasteiger charge is -2.06. The molecule has 1 aromatic carbocycles. The predicted octanol–water partition coefficient (Wildman–Crippen LogP) is 3.24. The van der Waals surface area contributed by atoms with Crippen LogP contribution in [0, 0.1) is 6.92 Å². The van der Waals surface area contributed by atoms with Crippen molar-refractivity contribution in [3.05, 3.63) is 61.5 Å². The Balaban J connectivity index is 1.36. The van der Waals surface area contributed by atoms with Crippen LogP contribution in [0.2, 0.25) is 0 Å². The van der Waals surface area contributed by atoms with Gasteiger partial charge >= 0.3 is 5.97 Å². The zero-order chi connectivity index (χ0) is 20.1. The maximum Gasteiger partial charge on any atom is 0.349 e. The van der Waals surface area contributed by atoms with Gasteiger partial charge in [-0.05, 0) is 55.4 Å². The second kappa shape index (κ2) is 6.91. The molecule has 3 heterocycles. The maximum atomic E-state index is 12.7. The number of nitrogens with zero attached hydrogens (tertiary/aromatic N) is 2. The van der Waals surface area contributed by atoms with Crippen molar-refractivity contribution in [2.45, 2.75) is 45.6 Å². The molecule has 0 saturated heterocycles. The number of ketones is 1. The minimum atomic E-state index is -0.579. The van der Waals surface area contributed by atoms with Gasteiger partial charge in [-0.25, -0.2) is 9.78 Å². The number of esters is 1. The number of hydrogen-bond donors (Lipinski definition) is 0. The van der Waals surface area contributed by atoms with Crippen LogP contribution in [0.5, 0.6) is 0 Å². The number of benzene rings is 1. The summed E-state index contributed by atoms with van der Waals surface area (Å²) in [5, 5.41) is 0.484. The largest absolute Gasteiger partial charge is 0.453 e. The third-order valence-corrected chi connectivity index (χ3v) is 7.02. The third-order valence-electron chi connectivity index (χ3n) is 5.85. The first-order valence-electron chi connectivity index (χ1n) is 9.88. The van der Waals surface area contributed by atoms with Crippen molar-refractivity contribution in [2.24, 2.45) is 0 Å². The third kappa shape index (κ3) is 3.00. The van der Waals surface area contributed by atoms with E-state index >= 15 is 0 Å². The summed E-state index contributed by atoms with van der Waals surface area (Å²) in [5.41, 5.74) is 3.57. The molecule has 29 heavy (non-hydrogen) atoms. The zero-order valence-electron chi connectivity index (χ0n) is 16.1. The van der Waals surface area contributed by atoms with Crippen LogP contribution in [0.1, 0.15) is 55.4 Å². The summed E-state index contributed by atoms with van der Waals surface area (Å²) in [6.07, 6.45) is 4.85. The van der Waals surface area contributed by atoms with E-state index in [1.54, 1.807) is 17.6 Å². The fourth-order valence-corrected chi connectivity index (χ4v) is 5.38. The second-order valence-electron chi connectivity index (χ2n) is 7.66. The standard InChI is InChI=1S/C22H20N2O4S/c1-12-18-20(23-17-6-3-9-24(17)21(18)26)29-19(12)22(27)28-11-16(25)15-8-7-13-4-2-5-14(13)10-15/h7-8,10H,2-6,9,11H2,1H3. The molecule has 0 unspecified atom stereocenters. The number of carbonyl (C=O) groups excluding carboxylic acids is 2. The molecule has 0 spiro atoms. The van der Waals surface area contributed by atoms with Crippen molar-refractivity contribution in [1.82, 2.24) is 9.55 Å². The van der Waals surface area contributed by atoms with E-state index in [9.17, 15) is 14.4 Å². The number of rotatable bonds is 4. The molecule has 1 aliphatic carbocycles. The second-order valence-corrected chi connectivity index (χ2v) is 8.66. The number of Topliss-reactive ketones (excluding diaryl/α,β-unsaturated/α-hetero) is 1. The van der Waals surface area contributed by atoms with Crippen molar-refractivity contribution in [1.29, 1.82) is 0 Å². The summed E-state index contributed by atoms with van der Waals surface area (Å²) in [5.74, 6) is -0.0241. The van der Waals surface area contributed by atoms with E-state index in [2.05, 4.69) is 4.98 Å². The molecule has 148 valence electrons. The lowest BCUT2D eigenvalue weighted by molar-refractivity contribution is 0.0479. The summed E-state index contributed by atoms with van der Waals surface area (Å²) in [4.78, 5) is 43.3. The van der Waals surface area contributed by atoms with Gasteiger partial charge in [0.15, 0.2) is 12.4 Å². The van der Waals surface area contributed by atoms with Crippen LogP contribution in [0.15, 0.2) is 23.0 Å². The summed E-state index contributed by atoms with van der Waals surface area (Å²) in [6, 6.07) is 5.71. The molecule has 3 aromatic rings. The lowest BCUT2D eigenvalue weighted by atomic mass is 10.0. The molecule has 0 saturated carbocycles. The minimum absolute atomic E-state index is 0.0930. The van der Waals surface area contributed by atoms with Crippen LogP contribution in [-0.4, -0.2) is 27.9 Å². The topological polar surface area (TPSA) is 78.3 Å². The molecule has 0 amide bonds. The lowest BCUT2D eigenvalue weighted by Crippen LogP contribution is -2.20. The Morgan fingerprint density at radius 3 is 2.86 bits per heavy atom. The number of hydrogen-bond acceptors (Lipinski definition) is 6. The van der Waals surface area contributed by atoms with Crippen LogP contribution < -0.4 is 5.56 Å². The van der Waals surface area contributed by atoms with Crippen molar-refractivity contribution >= 4 is 33.3 Å². The quantitative estimate of drug-likeness (QED) is 0.489.